The minimum Gasteiger partial charge on any atom is -0.200 e. The molecule has 0 aliphatic rings. The molecule has 34 heavy (non-hydrogen) atoms. The quantitative estimate of drug-likeness (QED) is 0.193. The van der Waals surface area contributed by atoms with Crippen molar-refractivity contribution >= 4 is 20.4 Å². The number of rotatable bonds is 11. The van der Waals surface area contributed by atoms with E-state index in [-0.39, 0.29) is 0 Å². The molecule has 0 N–H and O–H groups in total. The van der Waals surface area contributed by atoms with Gasteiger partial charge in [0.1, 0.15) is 0 Å². The molecule has 184 valence electrons. The van der Waals surface area contributed by atoms with Gasteiger partial charge in [-0.25, -0.2) is 0 Å². The Kier molecular flexibility index (Phi) is 8.84. The predicted molar refractivity (Wildman–Crippen MR) is 130 cm³/mol. The van der Waals surface area contributed by atoms with Gasteiger partial charge in [0.15, 0.2) is 0 Å². The molecule has 8 heteroatoms. The molecule has 0 aliphatic carbocycles. The first-order valence-electron chi connectivity index (χ1n) is 11.3. The van der Waals surface area contributed by atoms with Crippen molar-refractivity contribution in [3.63, 3.8) is 0 Å². The van der Waals surface area contributed by atoms with Crippen molar-refractivity contribution in [3.05, 3.63) is 90.5 Å². The Hall–Kier alpha value is -2.29. The summed E-state index contributed by atoms with van der Waals surface area (Å²) < 4.78 is 70.5. The van der Waals surface area contributed by atoms with E-state index < -0.39 is 25.9 Å². The number of unbranched alkanes of at least 4 members (excludes halogenated alkanes) is 4. The van der Waals surface area contributed by atoms with Gasteiger partial charge in [-0.1, -0.05) is 81.1 Å². The summed E-state index contributed by atoms with van der Waals surface area (Å²) in [5, 5.41) is 0. The Morgan fingerprint density at radius 2 is 1.15 bits per heavy atom. The van der Waals surface area contributed by atoms with E-state index in [1.165, 1.54) is 19.3 Å². The van der Waals surface area contributed by atoms with Gasteiger partial charge in [-0.15, -0.1) is 0 Å². The lowest BCUT2D eigenvalue weighted by atomic mass is 10.1. The topological polar surface area (TPSA) is 43.4 Å². The fourth-order valence-electron chi connectivity index (χ4n) is 3.70. The highest BCUT2D eigenvalue weighted by Crippen LogP contribution is 2.70. The third-order valence-electron chi connectivity index (χ3n) is 5.45. The molecule has 0 unspecified atom stereocenters. The zero-order valence-electron chi connectivity index (χ0n) is 19.0. The van der Waals surface area contributed by atoms with Gasteiger partial charge in [-0.3, -0.25) is 0 Å². The van der Waals surface area contributed by atoms with E-state index in [9.17, 15) is 21.6 Å². The van der Waals surface area contributed by atoms with E-state index in [0.29, 0.717) is 14.7 Å². The standard InChI is InChI=1S/C26H29F3O3S2/c1-2-3-4-5-8-13-22-18-20-25(21-19-22)33(23-14-9-6-10-15-23,24-16-11-7-12-17-24)32-34(30,31)26(27,28)29/h6-7,9-12,14-21H,2-5,8,13H2,1H3. The normalized spacial score (nSPS) is 13.1. The van der Waals surface area contributed by atoms with Crippen LogP contribution in [0.3, 0.4) is 0 Å². The average Bonchev–Trinajstić information content (AvgIpc) is 2.83. The summed E-state index contributed by atoms with van der Waals surface area (Å²) in [6, 6.07) is 23.6. The fraction of sp³-hybridized carbons (Fsp3) is 0.308. The van der Waals surface area contributed by atoms with Gasteiger partial charge in [-0.2, -0.15) is 25.2 Å². The van der Waals surface area contributed by atoms with E-state index in [1.54, 1.807) is 72.8 Å². The van der Waals surface area contributed by atoms with Crippen molar-refractivity contribution in [2.24, 2.45) is 0 Å². The van der Waals surface area contributed by atoms with Crippen LogP contribution in [0.2, 0.25) is 0 Å². The third kappa shape index (κ3) is 6.03. The van der Waals surface area contributed by atoms with Crippen molar-refractivity contribution in [2.75, 3.05) is 0 Å². The molecule has 3 aromatic rings. The van der Waals surface area contributed by atoms with Crippen LogP contribution in [0.1, 0.15) is 44.6 Å². The van der Waals surface area contributed by atoms with E-state index >= 15 is 0 Å². The summed E-state index contributed by atoms with van der Waals surface area (Å²) in [6.07, 6.45) is 6.53. The average molecular weight is 511 g/mol. The number of alkyl halides is 3. The van der Waals surface area contributed by atoms with Crippen LogP contribution in [0.5, 0.6) is 0 Å². The maximum atomic E-state index is 13.5. The van der Waals surface area contributed by atoms with Gasteiger partial charge >= 0.3 is 15.6 Å². The summed E-state index contributed by atoms with van der Waals surface area (Å²) >= 11 is 0. The Morgan fingerprint density at radius 3 is 1.62 bits per heavy atom. The second-order valence-electron chi connectivity index (χ2n) is 7.96. The first kappa shape index (κ1) is 26.3. The van der Waals surface area contributed by atoms with Gasteiger partial charge in [0.05, 0.1) is 0 Å². The lowest BCUT2D eigenvalue weighted by molar-refractivity contribution is -0.0496. The predicted octanol–water partition coefficient (Wildman–Crippen LogP) is 8.26. The highest BCUT2D eigenvalue weighted by molar-refractivity contribution is 8.33. The number of halogens is 3. The van der Waals surface area contributed by atoms with E-state index in [1.807, 2.05) is 12.1 Å². The molecule has 0 aliphatic heterocycles. The Labute approximate surface area is 201 Å². The molecule has 0 saturated carbocycles. The lowest BCUT2D eigenvalue weighted by Gasteiger charge is -2.39. The molecular formula is C26H29F3O3S2. The molecule has 0 spiro atoms. The highest BCUT2D eigenvalue weighted by atomic mass is 32.3. The monoisotopic (exact) mass is 510 g/mol. The first-order chi connectivity index (χ1) is 16.2. The van der Waals surface area contributed by atoms with Gasteiger partial charge in [-0.05, 0) is 65.1 Å². The maximum absolute atomic E-state index is 13.5. The van der Waals surface area contributed by atoms with Gasteiger partial charge in [0, 0.05) is 14.7 Å². The number of hydrogen-bond donors (Lipinski definition) is 0. The van der Waals surface area contributed by atoms with Crippen molar-refractivity contribution in [3.8, 4) is 0 Å². The molecule has 0 atom stereocenters. The fourth-order valence-corrected chi connectivity index (χ4v) is 8.45. The molecule has 3 aromatic carbocycles. The van der Waals surface area contributed by atoms with Crippen LogP contribution in [-0.2, 0) is 20.2 Å². The molecule has 3 rings (SSSR count). The van der Waals surface area contributed by atoms with Crippen LogP contribution < -0.4 is 0 Å². The minimum atomic E-state index is -5.90. The second-order valence-corrected chi connectivity index (χ2v) is 12.4. The van der Waals surface area contributed by atoms with Gasteiger partial charge in [0.25, 0.3) is 0 Å². The van der Waals surface area contributed by atoms with E-state index in [4.69, 9.17) is 3.63 Å². The summed E-state index contributed by atoms with van der Waals surface area (Å²) in [5.41, 5.74) is -4.50. The Morgan fingerprint density at radius 1 is 0.676 bits per heavy atom. The maximum Gasteiger partial charge on any atom is 0.524 e. The molecule has 0 radical (unpaired) electrons. The van der Waals surface area contributed by atoms with Gasteiger partial charge < -0.3 is 0 Å². The molecule has 0 bridgehead atoms. The summed E-state index contributed by atoms with van der Waals surface area (Å²) in [6.45, 7) is 2.16. The van der Waals surface area contributed by atoms with Crippen molar-refractivity contribution in [1.29, 1.82) is 0 Å². The molecular weight excluding hydrogens is 481 g/mol. The first-order valence-corrected chi connectivity index (χ1v) is 14.2. The van der Waals surface area contributed by atoms with E-state index in [2.05, 4.69) is 6.92 Å². The van der Waals surface area contributed by atoms with Crippen LogP contribution in [0.15, 0.2) is 99.6 Å². The van der Waals surface area contributed by atoms with Crippen molar-refractivity contribution in [1.82, 2.24) is 0 Å². The minimum absolute atomic E-state index is 0.362. The molecule has 0 fully saturated rings. The SMILES string of the molecule is CCCCCCCc1ccc(S(OS(=O)(=O)C(F)(F)F)(c2ccccc2)c2ccccc2)cc1. The summed E-state index contributed by atoms with van der Waals surface area (Å²) in [4.78, 5) is 1.11. The molecule has 3 nitrogen and oxygen atoms in total. The van der Waals surface area contributed by atoms with Crippen LogP contribution in [0.4, 0.5) is 13.2 Å². The van der Waals surface area contributed by atoms with Crippen LogP contribution in [0.25, 0.3) is 0 Å². The Bertz CT molecular complexity index is 1090. The smallest absolute Gasteiger partial charge is 0.200 e. The van der Waals surface area contributed by atoms with Crippen molar-refractivity contribution < 1.29 is 25.2 Å². The molecule has 0 saturated heterocycles. The van der Waals surface area contributed by atoms with Crippen LogP contribution >= 0.6 is 10.3 Å². The zero-order valence-corrected chi connectivity index (χ0v) is 20.6. The second kappa shape index (κ2) is 11.4. The number of hydrogen-bond acceptors (Lipinski definition) is 3. The van der Waals surface area contributed by atoms with Crippen molar-refractivity contribution in [2.45, 2.75) is 65.6 Å². The van der Waals surface area contributed by atoms with Crippen LogP contribution in [0, 0.1) is 0 Å². The molecule has 0 aromatic heterocycles. The summed E-state index contributed by atoms with van der Waals surface area (Å²) in [7, 11) is -9.13. The largest absolute Gasteiger partial charge is 0.524 e. The highest BCUT2D eigenvalue weighted by Gasteiger charge is 2.52. The number of aryl methyl sites for hydroxylation is 1. The molecule has 0 amide bonds. The third-order valence-corrected chi connectivity index (χ3v) is 10.4. The number of benzene rings is 3. The summed E-state index contributed by atoms with van der Waals surface area (Å²) in [5.74, 6) is 0. The zero-order chi connectivity index (χ0) is 24.7. The van der Waals surface area contributed by atoms with Gasteiger partial charge in [0.2, 0.25) is 0 Å². The molecule has 0 heterocycles. The Balaban J connectivity index is 2.10. The van der Waals surface area contributed by atoms with Crippen LogP contribution in [-0.4, -0.2) is 13.9 Å². The lowest BCUT2D eigenvalue weighted by Crippen LogP contribution is -2.27. The van der Waals surface area contributed by atoms with E-state index in [0.717, 1.165) is 24.8 Å².